The van der Waals surface area contributed by atoms with Crippen LogP contribution in [0.1, 0.15) is 0 Å². The predicted octanol–water partition coefficient (Wildman–Crippen LogP) is 1.15. The molecule has 12 heavy (non-hydrogen) atoms. The largest absolute Gasteiger partial charge is 0.330 e. The molecule has 0 fully saturated rings. The van der Waals surface area contributed by atoms with Crippen LogP contribution in [0.25, 0.3) is 0 Å². The summed E-state index contributed by atoms with van der Waals surface area (Å²) in [6.07, 6.45) is 6.88. The second-order valence-corrected chi connectivity index (χ2v) is 3.54. The fourth-order valence-electron chi connectivity index (χ4n) is 0.801. The van der Waals surface area contributed by atoms with Gasteiger partial charge in [-0.1, -0.05) is 17.7 Å². The van der Waals surface area contributed by atoms with Gasteiger partial charge in [0.15, 0.2) is 0 Å². The third kappa shape index (κ3) is 1.74. The molecule has 1 heterocycles. The second kappa shape index (κ2) is 3.55. The molecule has 2 amide bonds. The Labute approximate surface area is 76.4 Å². The van der Waals surface area contributed by atoms with E-state index in [0.29, 0.717) is 5.88 Å². The zero-order valence-electron chi connectivity index (χ0n) is 7.07. The highest BCUT2D eigenvalue weighted by molar-refractivity contribution is 8.03. The molecular formula is C8H10N2OS. The van der Waals surface area contributed by atoms with Crippen molar-refractivity contribution >= 4 is 17.8 Å². The van der Waals surface area contributed by atoms with Crippen LogP contribution in [0.15, 0.2) is 11.1 Å². The van der Waals surface area contributed by atoms with Gasteiger partial charge in [-0.3, -0.25) is 4.90 Å². The number of terminal acetylenes is 1. The Balaban J connectivity index is 2.64. The first-order valence-corrected chi connectivity index (χ1v) is 4.43. The summed E-state index contributed by atoms with van der Waals surface area (Å²) >= 11 is 1.50. The van der Waals surface area contributed by atoms with Crippen LogP contribution in [-0.4, -0.2) is 35.8 Å². The van der Waals surface area contributed by atoms with Gasteiger partial charge in [-0.15, -0.1) is 6.42 Å². The summed E-state index contributed by atoms with van der Waals surface area (Å²) in [4.78, 5) is 15.3. The number of allylic oxidation sites excluding steroid dienone is 1. The molecule has 64 valence electrons. The standard InChI is InChI=1S/C8H10N2OS/c1-4-7-5-10(6-12-7)8(11)9(2)3/h1,5H,6H2,2-3H3. The van der Waals surface area contributed by atoms with Gasteiger partial charge in [0.2, 0.25) is 0 Å². The Morgan fingerprint density at radius 3 is 2.92 bits per heavy atom. The highest BCUT2D eigenvalue weighted by Gasteiger charge is 2.19. The maximum Gasteiger partial charge on any atom is 0.324 e. The molecule has 1 aliphatic rings. The Morgan fingerprint density at radius 1 is 1.83 bits per heavy atom. The van der Waals surface area contributed by atoms with Gasteiger partial charge in [0.1, 0.15) is 0 Å². The van der Waals surface area contributed by atoms with Gasteiger partial charge in [-0.05, 0) is 0 Å². The summed E-state index contributed by atoms with van der Waals surface area (Å²) in [6, 6.07) is -0.0345. The fourth-order valence-corrected chi connectivity index (χ4v) is 1.55. The molecule has 0 aliphatic carbocycles. The molecule has 0 saturated heterocycles. The molecule has 1 aliphatic heterocycles. The van der Waals surface area contributed by atoms with Crippen LogP contribution in [0.2, 0.25) is 0 Å². The molecule has 0 saturated carbocycles. The molecule has 0 aromatic rings. The van der Waals surface area contributed by atoms with E-state index < -0.39 is 0 Å². The van der Waals surface area contributed by atoms with Gasteiger partial charge in [0.05, 0.1) is 10.8 Å². The van der Waals surface area contributed by atoms with E-state index in [1.807, 2.05) is 0 Å². The number of carbonyl (C=O) groups excluding carboxylic acids is 1. The molecule has 0 aromatic heterocycles. The maximum absolute atomic E-state index is 11.3. The summed E-state index contributed by atoms with van der Waals surface area (Å²) in [5.74, 6) is 3.12. The van der Waals surface area contributed by atoms with Gasteiger partial charge >= 0.3 is 6.03 Å². The van der Waals surface area contributed by atoms with Crippen molar-refractivity contribution in [1.29, 1.82) is 0 Å². The van der Waals surface area contributed by atoms with E-state index in [9.17, 15) is 4.79 Å². The van der Waals surface area contributed by atoms with Crippen molar-refractivity contribution in [1.82, 2.24) is 9.80 Å². The van der Waals surface area contributed by atoms with E-state index in [0.717, 1.165) is 4.91 Å². The topological polar surface area (TPSA) is 23.6 Å². The van der Waals surface area contributed by atoms with E-state index in [1.54, 1.807) is 25.2 Å². The van der Waals surface area contributed by atoms with E-state index >= 15 is 0 Å². The Hall–Kier alpha value is -1.08. The zero-order valence-corrected chi connectivity index (χ0v) is 7.89. The number of amides is 2. The number of urea groups is 1. The van der Waals surface area contributed by atoms with Gasteiger partial charge in [-0.25, -0.2) is 4.79 Å². The van der Waals surface area contributed by atoms with E-state index in [2.05, 4.69) is 5.92 Å². The van der Waals surface area contributed by atoms with Crippen LogP contribution >= 0.6 is 11.8 Å². The van der Waals surface area contributed by atoms with Crippen molar-refractivity contribution in [2.45, 2.75) is 0 Å². The van der Waals surface area contributed by atoms with Crippen molar-refractivity contribution in [3.8, 4) is 12.3 Å². The van der Waals surface area contributed by atoms with E-state index in [1.165, 1.54) is 16.7 Å². The summed E-state index contributed by atoms with van der Waals surface area (Å²) < 4.78 is 0. The van der Waals surface area contributed by atoms with Gasteiger partial charge in [0.25, 0.3) is 0 Å². The lowest BCUT2D eigenvalue weighted by molar-refractivity contribution is 0.195. The Morgan fingerprint density at radius 2 is 2.50 bits per heavy atom. The maximum atomic E-state index is 11.3. The van der Waals surface area contributed by atoms with Crippen molar-refractivity contribution in [2.24, 2.45) is 0 Å². The van der Waals surface area contributed by atoms with Gasteiger partial charge in [-0.2, -0.15) is 0 Å². The molecular weight excluding hydrogens is 172 g/mol. The molecule has 1 rings (SSSR count). The van der Waals surface area contributed by atoms with Crippen LogP contribution < -0.4 is 0 Å². The van der Waals surface area contributed by atoms with E-state index in [-0.39, 0.29) is 6.03 Å². The molecule has 0 radical (unpaired) electrons. The third-order valence-corrected chi connectivity index (χ3v) is 2.34. The highest BCUT2D eigenvalue weighted by atomic mass is 32.2. The summed E-state index contributed by atoms with van der Waals surface area (Å²) in [5, 5.41) is 0. The normalized spacial score (nSPS) is 15.4. The summed E-state index contributed by atoms with van der Waals surface area (Å²) in [5.41, 5.74) is 0. The number of hydrogen-bond donors (Lipinski definition) is 0. The Kier molecular flexibility index (Phi) is 2.66. The minimum absolute atomic E-state index is 0.0345. The molecule has 3 nitrogen and oxygen atoms in total. The molecule has 0 unspecified atom stereocenters. The summed E-state index contributed by atoms with van der Waals surface area (Å²) in [6.45, 7) is 0. The van der Waals surface area contributed by atoms with Crippen LogP contribution in [0, 0.1) is 12.3 Å². The van der Waals surface area contributed by atoms with Crippen LogP contribution in [0.4, 0.5) is 4.79 Å². The minimum Gasteiger partial charge on any atom is -0.330 e. The average Bonchev–Trinajstić information content (AvgIpc) is 2.50. The average molecular weight is 182 g/mol. The molecule has 0 bridgehead atoms. The lowest BCUT2D eigenvalue weighted by Crippen LogP contribution is -2.33. The number of thioether (sulfide) groups is 1. The lowest BCUT2D eigenvalue weighted by atomic mass is 10.6. The molecule has 0 spiro atoms. The first-order valence-electron chi connectivity index (χ1n) is 3.44. The zero-order chi connectivity index (χ0) is 9.14. The molecule has 0 aromatic carbocycles. The van der Waals surface area contributed by atoms with Gasteiger partial charge < -0.3 is 4.90 Å². The highest BCUT2D eigenvalue weighted by Crippen LogP contribution is 2.24. The monoisotopic (exact) mass is 182 g/mol. The SMILES string of the molecule is C#CC1=CN(C(=O)N(C)C)CS1. The van der Waals surface area contributed by atoms with Crippen molar-refractivity contribution < 1.29 is 4.79 Å². The fraction of sp³-hybridized carbons (Fsp3) is 0.375. The van der Waals surface area contributed by atoms with Crippen LogP contribution in [0.5, 0.6) is 0 Å². The predicted molar refractivity (Wildman–Crippen MR) is 50.3 cm³/mol. The first-order chi connectivity index (χ1) is 5.65. The number of nitrogens with zero attached hydrogens (tertiary/aromatic N) is 2. The van der Waals surface area contributed by atoms with Gasteiger partial charge in [0, 0.05) is 20.3 Å². The molecule has 4 heteroatoms. The molecule has 0 N–H and O–H groups in total. The van der Waals surface area contributed by atoms with E-state index in [4.69, 9.17) is 6.42 Å². The van der Waals surface area contributed by atoms with Crippen molar-refractivity contribution in [3.63, 3.8) is 0 Å². The number of hydrogen-bond acceptors (Lipinski definition) is 2. The van der Waals surface area contributed by atoms with Crippen LogP contribution in [0.3, 0.4) is 0 Å². The first kappa shape index (κ1) is 9.01. The summed E-state index contributed by atoms with van der Waals surface area (Å²) in [7, 11) is 3.43. The van der Waals surface area contributed by atoms with Crippen molar-refractivity contribution in [3.05, 3.63) is 11.1 Å². The number of rotatable bonds is 0. The second-order valence-electron chi connectivity index (χ2n) is 2.56. The quantitative estimate of drug-likeness (QED) is 0.525. The molecule has 0 atom stereocenters. The van der Waals surface area contributed by atoms with Crippen LogP contribution in [-0.2, 0) is 0 Å². The lowest BCUT2D eigenvalue weighted by Gasteiger charge is -2.17. The smallest absolute Gasteiger partial charge is 0.324 e. The van der Waals surface area contributed by atoms with Crippen molar-refractivity contribution in [2.75, 3.05) is 20.0 Å². The number of carbonyl (C=O) groups is 1. The third-order valence-electron chi connectivity index (χ3n) is 1.40. The Bertz CT molecular complexity index is 265. The minimum atomic E-state index is -0.0345.